The zero-order valence-electron chi connectivity index (χ0n) is 12.3. The summed E-state index contributed by atoms with van der Waals surface area (Å²) in [6.45, 7) is 3.90. The molecule has 1 aromatic rings. The molecule has 2 unspecified atom stereocenters. The molecule has 0 bridgehead atoms. The fourth-order valence-electron chi connectivity index (χ4n) is 1.82. The van der Waals surface area contributed by atoms with Crippen molar-refractivity contribution in [2.24, 2.45) is 0 Å². The molecule has 118 valence electrons. The molecule has 2 atom stereocenters. The third-order valence-electron chi connectivity index (χ3n) is 3.08. The number of hydrogen-bond donors (Lipinski definition) is 3. The number of carbonyl (C=O) groups is 1. The third-order valence-corrected chi connectivity index (χ3v) is 3.08. The number of aliphatic hydroxyl groups excluding tert-OH is 1. The van der Waals surface area contributed by atoms with Crippen LogP contribution >= 0.6 is 0 Å². The predicted octanol–water partition coefficient (Wildman–Crippen LogP) is 2.36. The lowest BCUT2D eigenvalue weighted by molar-refractivity contribution is 0.183. The van der Waals surface area contributed by atoms with Gasteiger partial charge in [-0.3, -0.25) is 0 Å². The Morgan fingerprint density at radius 2 is 1.95 bits per heavy atom. The van der Waals surface area contributed by atoms with Crippen LogP contribution in [-0.2, 0) is 6.42 Å². The maximum Gasteiger partial charge on any atom is 0.314 e. The Balaban J connectivity index is 2.28. The Hall–Kier alpha value is -1.69. The van der Waals surface area contributed by atoms with Crippen molar-refractivity contribution in [3.8, 4) is 0 Å². The van der Waals surface area contributed by atoms with Gasteiger partial charge in [-0.2, -0.15) is 0 Å². The number of aryl methyl sites for hydroxylation is 1. The molecule has 0 spiro atoms. The number of amides is 2. The van der Waals surface area contributed by atoms with E-state index in [1.165, 1.54) is 12.1 Å². The number of carbonyl (C=O) groups excluding carboxylic acids is 1. The van der Waals surface area contributed by atoms with E-state index in [2.05, 4.69) is 10.6 Å². The summed E-state index contributed by atoms with van der Waals surface area (Å²) in [6.07, 6.45) is 1.22. The van der Waals surface area contributed by atoms with Crippen LogP contribution in [0.1, 0.15) is 32.3 Å². The zero-order chi connectivity index (χ0) is 15.8. The molecular formula is C15H22F2N2O2. The highest BCUT2D eigenvalue weighted by molar-refractivity contribution is 5.74. The van der Waals surface area contributed by atoms with Crippen molar-refractivity contribution in [1.82, 2.24) is 10.6 Å². The minimum absolute atomic E-state index is 0.0929. The number of rotatable bonds is 7. The molecule has 2 amide bonds. The van der Waals surface area contributed by atoms with E-state index in [0.717, 1.165) is 6.07 Å². The van der Waals surface area contributed by atoms with Gasteiger partial charge in [0.1, 0.15) is 0 Å². The first-order valence-corrected chi connectivity index (χ1v) is 7.05. The smallest absolute Gasteiger partial charge is 0.314 e. The van der Waals surface area contributed by atoms with E-state index in [9.17, 15) is 13.6 Å². The Bertz CT molecular complexity index is 467. The van der Waals surface area contributed by atoms with Gasteiger partial charge in [-0.1, -0.05) is 6.07 Å². The van der Waals surface area contributed by atoms with Crippen LogP contribution in [-0.4, -0.2) is 29.8 Å². The molecule has 0 radical (unpaired) electrons. The van der Waals surface area contributed by atoms with Crippen molar-refractivity contribution in [2.75, 3.05) is 6.54 Å². The molecule has 4 nitrogen and oxygen atoms in total. The largest absolute Gasteiger partial charge is 0.393 e. The van der Waals surface area contributed by atoms with E-state index in [1.807, 2.05) is 6.92 Å². The van der Waals surface area contributed by atoms with E-state index >= 15 is 0 Å². The molecule has 21 heavy (non-hydrogen) atoms. The number of aliphatic hydroxyl groups is 1. The molecule has 1 aromatic carbocycles. The van der Waals surface area contributed by atoms with Gasteiger partial charge in [-0.25, -0.2) is 13.6 Å². The van der Waals surface area contributed by atoms with Gasteiger partial charge in [-0.15, -0.1) is 0 Å². The minimum atomic E-state index is -0.859. The van der Waals surface area contributed by atoms with Crippen LogP contribution in [0.5, 0.6) is 0 Å². The summed E-state index contributed by atoms with van der Waals surface area (Å²) in [5.74, 6) is -1.72. The van der Waals surface area contributed by atoms with Crippen molar-refractivity contribution in [2.45, 2.75) is 45.3 Å². The van der Waals surface area contributed by atoms with Gasteiger partial charge in [0, 0.05) is 12.6 Å². The lowest BCUT2D eigenvalue weighted by Crippen LogP contribution is -2.41. The van der Waals surface area contributed by atoms with Crippen molar-refractivity contribution in [3.05, 3.63) is 35.4 Å². The first kappa shape index (κ1) is 17.4. The Morgan fingerprint density at radius 3 is 2.57 bits per heavy atom. The van der Waals surface area contributed by atoms with Crippen LogP contribution in [0.3, 0.4) is 0 Å². The summed E-state index contributed by atoms with van der Waals surface area (Å²) >= 11 is 0. The normalized spacial score (nSPS) is 13.6. The average Bonchev–Trinajstić information content (AvgIpc) is 2.39. The molecule has 0 saturated carbocycles. The summed E-state index contributed by atoms with van der Waals surface area (Å²) in [5, 5.41) is 14.5. The number of hydrogen-bond acceptors (Lipinski definition) is 2. The highest BCUT2D eigenvalue weighted by Gasteiger charge is 2.08. The fraction of sp³-hybridized carbons (Fsp3) is 0.533. The van der Waals surface area contributed by atoms with Crippen molar-refractivity contribution in [3.63, 3.8) is 0 Å². The molecule has 0 aromatic heterocycles. The second-order valence-corrected chi connectivity index (χ2v) is 5.23. The van der Waals surface area contributed by atoms with Crippen molar-refractivity contribution < 1.29 is 18.7 Å². The van der Waals surface area contributed by atoms with Crippen LogP contribution in [0.15, 0.2) is 18.2 Å². The lowest BCUT2D eigenvalue weighted by atomic mass is 10.1. The van der Waals surface area contributed by atoms with Gasteiger partial charge >= 0.3 is 6.03 Å². The van der Waals surface area contributed by atoms with Gasteiger partial charge in [0.25, 0.3) is 0 Å². The highest BCUT2D eigenvalue weighted by atomic mass is 19.2. The molecule has 3 N–H and O–H groups in total. The summed E-state index contributed by atoms with van der Waals surface area (Å²) in [6, 6.07) is 3.42. The number of urea groups is 1. The van der Waals surface area contributed by atoms with Gasteiger partial charge in [0.2, 0.25) is 0 Å². The molecule has 0 aliphatic rings. The molecule has 0 heterocycles. The van der Waals surface area contributed by atoms with Crippen LogP contribution < -0.4 is 10.6 Å². The van der Waals surface area contributed by atoms with Crippen molar-refractivity contribution in [1.29, 1.82) is 0 Å². The lowest BCUT2D eigenvalue weighted by Gasteiger charge is -2.15. The van der Waals surface area contributed by atoms with Gasteiger partial charge in [0.05, 0.1) is 6.10 Å². The fourth-order valence-corrected chi connectivity index (χ4v) is 1.82. The SMILES string of the molecule is CC(O)CCNC(=O)NC(C)CCc1ccc(F)c(F)c1. The first-order chi connectivity index (χ1) is 9.88. The zero-order valence-corrected chi connectivity index (χ0v) is 12.3. The quantitative estimate of drug-likeness (QED) is 0.724. The summed E-state index contributed by atoms with van der Waals surface area (Å²) in [7, 11) is 0. The number of nitrogens with one attached hydrogen (secondary N) is 2. The van der Waals surface area contributed by atoms with E-state index in [4.69, 9.17) is 5.11 Å². The monoisotopic (exact) mass is 300 g/mol. The van der Waals surface area contributed by atoms with E-state index in [1.54, 1.807) is 6.92 Å². The third kappa shape index (κ3) is 7.04. The predicted molar refractivity (Wildman–Crippen MR) is 77.0 cm³/mol. The number of halogens is 2. The van der Waals surface area contributed by atoms with Gasteiger partial charge < -0.3 is 15.7 Å². The maximum atomic E-state index is 13.0. The van der Waals surface area contributed by atoms with E-state index in [-0.39, 0.29) is 12.1 Å². The Labute approximate surface area is 123 Å². The second kappa shape index (κ2) is 8.56. The minimum Gasteiger partial charge on any atom is -0.393 e. The molecular weight excluding hydrogens is 278 g/mol. The standard InChI is InChI=1S/C15H22F2N2O2/c1-10(19-15(21)18-8-7-11(2)20)3-4-12-5-6-13(16)14(17)9-12/h5-6,9-11,20H,3-4,7-8H2,1-2H3,(H2,18,19,21). The molecule has 1 rings (SSSR count). The second-order valence-electron chi connectivity index (χ2n) is 5.23. The van der Waals surface area contributed by atoms with Crippen molar-refractivity contribution >= 4 is 6.03 Å². The van der Waals surface area contributed by atoms with Crippen LogP contribution in [0.25, 0.3) is 0 Å². The van der Waals surface area contributed by atoms with Crippen LogP contribution in [0.2, 0.25) is 0 Å². The molecule has 0 aliphatic carbocycles. The number of benzene rings is 1. The molecule has 0 fully saturated rings. The molecule has 0 aliphatic heterocycles. The first-order valence-electron chi connectivity index (χ1n) is 7.05. The Kier molecular flexibility index (Phi) is 7.08. The van der Waals surface area contributed by atoms with Gasteiger partial charge in [0.15, 0.2) is 11.6 Å². The van der Waals surface area contributed by atoms with E-state index < -0.39 is 17.7 Å². The summed E-state index contributed by atoms with van der Waals surface area (Å²) < 4.78 is 25.8. The maximum absolute atomic E-state index is 13.0. The molecule has 6 heteroatoms. The van der Waals surface area contributed by atoms with E-state index in [0.29, 0.717) is 31.4 Å². The van der Waals surface area contributed by atoms with Crippen LogP contribution in [0.4, 0.5) is 13.6 Å². The topological polar surface area (TPSA) is 61.4 Å². The van der Waals surface area contributed by atoms with Crippen LogP contribution in [0, 0.1) is 11.6 Å². The highest BCUT2D eigenvalue weighted by Crippen LogP contribution is 2.11. The Morgan fingerprint density at radius 1 is 1.24 bits per heavy atom. The summed E-state index contributed by atoms with van der Waals surface area (Å²) in [4.78, 5) is 11.5. The summed E-state index contributed by atoms with van der Waals surface area (Å²) in [5.41, 5.74) is 0.692. The molecule has 0 saturated heterocycles. The average molecular weight is 300 g/mol. The van der Waals surface area contributed by atoms with Gasteiger partial charge in [-0.05, 0) is 50.8 Å².